The van der Waals surface area contributed by atoms with Crippen molar-refractivity contribution in [2.45, 2.75) is 58.2 Å². The number of pyridine rings is 1. The fourth-order valence-electron chi connectivity index (χ4n) is 4.55. The minimum atomic E-state index is -4.79. The molecule has 10 heteroatoms. The number of hydrogen-bond donors (Lipinski definition) is 1. The maximum atomic E-state index is 14.3. The van der Waals surface area contributed by atoms with Crippen LogP contribution in [0.3, 0.4) is 0 Å². The molecule has 2 N–H and O–H groups in total. The highest BCUT2D eigenvalue weighted by molar-refractivity contribution is 6.05. The zero-order valence-electron chi connectivity index (χ0n) is 27.6. The van der Waals surface area contributed by atoms with Gasteiger partial charge in [0.25, 0.3) is 0 Å². The molecular formula is C38H40F3N3O4. The molecule has 7 nitrogen and oxygen atoms in total. The van der Waals surface area contributed by atoms with Crippen molar-refractivity contribution in [2.24, 2.45) is 4.99 Å². The van der Waals surface area contributed by atoms with Gasteiger partial charge in [-0.3, -0.25) is 4.99 Å². The first-order valence-corrected chi connectivity index (χ1v) is 15.3. The van der Waals surface area contributed by atoms with Gasteiger partial charge in [0, 0.05) is 19.4 Å². The van der Waals surface area contributed by atoms with Crippen molar-refractivity contribution in [1.82, 2.24) is 4.98 Å². The number of alkyl halides is 3. The van der Waals surface area contributed by atoms with Crippen LogP contribution in [0.1, 0.15) is 61.7 Å². The second-order valence-corrected chi connectivity index (χ2v) is 11.2. The van der Waals surface area contributed by atoms with Gasteiger partial charge in [-0.15, -0.1) is 0 Å². The molecule has 0 radical (unpaired) electrons. The lowest BCUT2D eigenvalue weighted by Crippen LogP contribution is -2.33. The molecular weight excluding hydrogens is 619 g/mol. The highest BCUT2D eigenvalue weighted by Gasteiger charge is 2.42. The van der Waals surface area contributed by atoms with E-state index in [0.29, 0.717) is 22.3 Å². The molecule has 0 amide bonds. The maximum absolute atomic E-state index is 14.3. The minimum Gasteiger partial charge on any atom is -0.456 e. The molecule has 0 saturated heterocycles. The zero-order chi connectivity index (χ0) is 35.2. The van der Waals surface area contributed by atoms with Crippen molar-refractivity contribution in [3.63, 3.8) is 0 Å². The number of aliphatic imine (C=N–C) groups is 1. The number of anilines is 1. The highest BCUT2D eigenvalue weighted by atomic mass is 19.4. The number of hydrogen-bond acceptors (Lipinski definition) is 7. The predicted molar refractivity (Wildman–Crippen MR) is 181 cm³/mol. The largest absolute Gasteiger partial charge is 0.456 e. The van der Waals surface area contributed by atoms with Crippen LogP contribution in [0.15, 0.2) is 114 Å². The molecule has 3 aromatic carbocycles. The van der Waals surface area contributed by atoms with Crippen LogP contribution in [0.25, 0.3) is 0 Å². The minimum absolute atomic E-state index is 0.196. The molecule has 0 aliphatic heterocycles. The van der Waals surface area contributed by atoms with E-state index in [1.165, 1.54) is 6.20 Å². The lowest BCUT2D eigenvalue weighted by molar-refractivity contribution is -0.0970. The van der Waals surface area contributed by atoms with E-state index in [4.69, 9.17) is 19.9 Å². The Bertz CT molecular complexity index is 1580. The molecule has 252 valence electrons. The van der Waals surface area contributed by atoms with E-state index in [1.807, 2.05) is 18.2 Å². The third kappa shape index (κ3) is 10.5. The molecule has 1 heterocycles. The Hall–Kier alpha value is -4.98. The van der Waals surface area contributed by atoms with E-state index in [0.717, 1.165) is 0 Å². The number of aromatic nitrogens is 1. The van der Waals surface area contributed by atoms with E-state index in [-0.39, 0.29) is 19.0 Å². The first-order chi connectivity index (χ1) is 22.8. The number of nitrogen functional groups attached to an aromatic ring is 1. The Morgan fingerprint density at radius 2 is 1.25 bits per heavy atom. The van der Waals surface area contributed by atoms with Gasteiger partial charge < -0.3 is 19.9 Å². The van der Waals surface area contributed by atoms with Crippen LogP contribution < -0.4 is 5.73 Å². The van der Waals surface area contributed by atoms with Gasteiger partial charge in [-0.25, -0.2) is 9.78 Å². The van der Waals surface area contributed by atoms with Gasteiger partial charge in [-0.05, 0) is 75.3 Å². The number of esters is 1. The maximum Gasteiger partial charge on any atom is 0.441 e. The summed E-state index contributed by atoms with van der Waals surface area (Å²) in [4.78, 5) is 19.7. The van der Waals surface area contributed by atoms with Crippen molar-refractivity contribution in [3.05, 3.63) is 132 Å². The Morgan fingerprint density at radius 1 is 0.792 bits per heavy atom. The molecule has 0 bridgehead atoms. The van der Waals surface area contributed by atoms with Crippen molar-refractivity contribution in [2.75, 3.05) is 18.9 Å². The summed E-state index contributed by atoms with van der Waals surface area (Å²) in [6, 6.07) is 30.0. The van der Waals surface area contributed by atoms with Crippen molar-refractivity contribution < 1.29 is 32.2 Å². The molecule has 4 rings (SSSR count). The second kappa shape index (κ2) is 17.3. The number of nitrogens with zero attached hydrogens (tertiary/aromatic N) is 2. The number of rotatable bonds is 9. The first kappa shape index (κ1) is 37.5. The fraction of sp³-hybridized carbons (Fsp3) is 0.289. The smallest absolute Gasteiger partial charge is 0.441 e. The van der Waals surface area contributed by atoms with Crippen LogP contribution in [0, 0.1) is 11.8 Å². The van der Waals surface area contributed by atoms with E-state index >= 15 is 0 Å². The Morgan fingerprint density at radius 3 is 1.62 bits per heavy atom. The van der Waals surface area contributed by atoms with Gasteiger partial charge in [0.15, 0.2) is 5.71 Å². The molecule has 48 heavy (non-hydrogen) atoms. The van der Waals surface area contributed by atoms with Crippen LogP contribution in [0.5, 0.6) is 0 Å². The summed E-state index contributed by atoms with van der Waals surface area (Å²) >= 11 is 0. The van der Waals surface area contributed by atoms with Gasteiger partial charge in [0.05, 0.1) is 0 Å². The summed E-state index contributed by atoms with van der Waals surface area (Å²) in [6.45, 7) is 9.35. The number of nitrogens with two attached hydrogens (primary N) is 1. The normalized spacial score (nSPS) is 12.0. The summed E-state index contributed by atoms with van der Waals surface area (Å²) in [5.41, 5.74) is 4.39. The number of ether oxygens (including phenoxy) is 3. The van der Waals surface area contributed by atoms with Crippen LogP contribution in [0.2, 0.25) is 0 Å². The Labute approximate surface area is 280 Å². The van der Waals surface area contributed by atoms with Crippen LogP contribution in [-0.4, -0.2) is 47.9 Å². The molecule has 0 fully saturated rings. The van der Waals surface area contributed by atoms with Gasteiger partial charge in [0.2, 0.25) is 6.29 Å². The fourth-order valence-corrected chi connectivity index (χ4v) is 4.55. The van der Waals surface area contributed by atoms with Crippen molar-refractivity contribution >= 4 is 17.5 Å². The SMILES string of the molecule is CC(C)(C)OC(=O)c1cccnc1N.CCOC(C#CC(=NC(c1ccccc1)(c1ccccc1)c1ccccc1)C(F)(F)F)OCC. The second-order valence-electron chi connectivity index (χ2n) is 11.2. The van der Waals surface area contributed by atoms with E-state index < -0.39 is 35.3 Å². The first-order valence-electron chi connectivity index (χ1n) is 15.3. The van der Waals surface area contributed by atoms with E-state index in [9.17, 15) is 18.0 Å². The monoisotopic (exact) mass is 659 g/mol. The topological polar surface area (TPSA) is 96.0 Å². The summed E-state index contributed by atoms with van der Waals surface area (Å²) in [6.07, 6.45) is -4.34. The summed E-state index contributed by atoms with van der Waals surface area (Å²) < 4.78 is 58.7. The number of halogens is 3. The van der Waals surface area contributed by atoms with Gasteiger partial charge >= 0.3 is 12.1 Å². The number of carbonyl (C=O) groups is 1. The lowest BCUT2D eigenvalue weighted by Gasteiger charge is -2.32. The molecule has 0 saturated carbocycles. The Kier molecular flexibility index (Phi) is 13.5. The third-order valence-electron chi connectivity index (χ3n) is 6.52. The van der Waals surface area contributed by atoms with Gasteiger partial charge in [0.1, 0.15) is 22.5 Å². The number of benzene rings is 3. The van der Waals surface area contributed by atoms with Gasteiger partial charge in [-0.2, -0.15) is 13.2 Å². The predicted octanol–water partition coefficient (Wildman–Crippen LogP) is 8.00. The average Bonchev–Trinajstić information content (AvgIpc) is 3.05. The van der Waals surface area contributed by atoms with Crippen LogP contribution in [-0.2, 0) is 19.7 Å². The van der Waals surface area contributed by atoms with Crippen molar-refractivity contribution in [3.8, 4) is 11.8 Å². The van der Waals surface area contributed by atoms with Crippen molar-refractivity contribution in [1.29, 1.82) is 0 Å². The molecule has 0 aliphatic carbocycles. The number of carbonyl (C=O) groups excluding carboxylic acids is 1. The zero-order valence-corrected chi connectivity index (χ0v) is 27.6. The van der Waals surface area contributed by atoms with E-state index in [2.05, 4.69) is 21.8 Å². The molecule has 0 atom stereocenters. The average molecular weight is 660 g/mol. The van der Waals surface area contributed by atoms with Crippen LogP contribution in [0.4, 0.5) is 19.0 Å². The van der Waals surface area contributed by atoms with Crippen LogP contribution >= 0.6 is 0 Å². The third-order valence-corrected chi connectivity index (χ3v) is 6.52. The van der Waals surface area contributed by atoms with Gasteiger partial charge in [-0.1, -0.05) is 91.0 Å². The highest BCUT2D eigenvalue weighted by Crippen LogP contribution is 2.41. The standard InChI is InChI=1S/C28H26F3NO2.C10H14N2O2/c1-3-33-26(34-4-2)21-20-25(28(29,30)31)32-27(22-14-8-5-9-15-22,23-16-10-6-11-17-23)24-18-12-7-13-19-24;1-10(2,3)14-9(13)7-5-4-6-12-8(7)11/h5-19,26H,3-4H2,1-2H3;4-6H,1-3H3,(H2,11,12). The molecule has 0 spiro atoms. The molecule has 1 aromatic heterocycles. The quantitative estimate of drug-likeness (QED) is 0.0643. The molecule has 0 unspecified atom stereocenters. The summed E-state index contributed by atoms with van der Waals surface area (Å²) in [7, 11) is 0. The molecule has 0 aliphatic rings. The summed E-state index contributed by atoms with van der Waals surface area (Å²) in [5.74, 6) is 4.43. The van der Waals surface area contributed by atoms with E-state index in [1.54, 1.807) is 120 Å². The summed E-state index contributed by atoms with van der Waals surface area (Å²) in [5, 5.41) is 0. The lowest BCUT2D eigenvalue weighted by atomic mass is 9.77. The molecule has 4 aromatic rings. The Balaban J connectivity index is 0.000000373.